The van der Waals surface area contributed by atoms with Crippen LogP contribution in [0.15, 0.2) is 0 Å². The second-order valence-electron chi connectivity index (χ2n) is 4.60. The van der Waals surface area contributed by atoms with Crippen LogP contribution in [-0.2, 0) is 10.2 Å². The fourth-order valence-corrected chi connectivity index (χ4v) is 4.33. The van der Waals surface area contributed by atoms with Gasteiger partial charge >= 0.3 is 0 Å². The highest BCUT2D eigenvalue weighted by Crippen LogP contribution is 2.22. The largest absolute Gasteiger partial charge is 0.395 e. The van der Waals surface area contributed by atoms with Gasteiger partial charge in [-0.3, -0.25) is 0 Å². The summed E-state index contributed by atoms with van der Waals surface area (Å²) in [5.41, 5.74) is 0. The molecule has 0 bridgehead atoms. The lowest BCUT2D eigenvalue weighted by Crippen LogP contribution is -2.56. The van der Waals surface area contributed by atoms with E-state index in [9.17, 15) is 13.5 Å². The number of hydrogen-bond donors (Lipinski definition) is 2. The molecule has 17 heavy (non-hydrogen) atoms. The molecule has 0 radical (unpaired) electrons. The van der Waals surface area contributed by atoms with Gasteiger partial charge in [0.25, 0.3) is 10.2 Å². The molecule has 100 valence electrons. The van der Waals surface area contributed by atoms with E-state index in [2.05, 4.69) is 5.32 Å². The first kappa shape index (κ1) is 13.2. The maximum atomic E-state index is 12.4. The number of aliphatic hydroxyl groups is 1. The van der Waals surface area contributed by atoms with Crippen molar-refractivity contribution in [3.8, 4) is 0 Å². The van der Waals surface area contributed by atoms with E-state index in [4.69, 9.17) is 0 Å². The molecule has 0 aromatic rings. The maximum absolute atomic E-state index is 12.4. The first-order valence-electron chi connectivity index (χ1n) is 6.25. The van der Waals surface area contributed by atoms with E-state index < -0.39 is 10.2 Å². The first-order valence-corrected chi connectivity index (χ1v) is 7.64. The van der Waals surface area contributed by atoms with Crippen molar-refractivity contribution < 1.29 is 13.5 Å². The summed E-state index contributed by atoms with van der Waals surface area (Å²) >= 11 is 0. The summed E-state index contributed by atoms with van der Waals surface area (Å²) in [6, 6.07) is -0.233. The van der Waals surface area contributed by atoms with Crippen molar-refractivity contribution in [3.05, 3.63) is 0 Å². The van der Waals surface area contributed by atoms with E-state index in [1.807, 2.05) is 0 Å². The zero-order valence-corrected chi connectivity index (χ0v) is 10.8. The summed E-state index contributed by atoms with van der Waals surface area (Å²) in [6.07, 6.45) is 2.66. The number of hydrogen-bond acceptors (Lipinski definition) is 4. The van der Waals surface area contributed by atoms with Crippen LogP contribution < -0.4 is 5.32 Å². The lowest BCUT2D eigenvalue weighted by molar-refractivity contribution is 0.146. The molecule has 2 aliphatic heterocycles. The van der Waals surface area contributed by atoms with Gasteiger partial charge in [0.2, 0.25) is 0 Å². The van der Waals surface area contributed by atoms with Crippen molar-refractivity contribution in [3.63, 3.8) is 0 Å². The highest BCUT2D eigenvalue weighted by molar-refractivity contribution is 7.86. The summed E-state index contributed by atoms with van der Waals surface area (Å²) in [5, 5.41) is 12.4. The third-order valence-electron chi connectivity index (χ3n) is 3.48. The smallest absolute Gasteiger partial charge is 0.282 e. The van der Waals surface area contributed by atoms with Gasteiger partial charge < -0.3 is 10.4 Å². The fourth-order valence-electron chi connectivity index (χ4n) is 2.48. The molecule has 7 heteroatoms. The van der Waals surface area contributed by atoms with Crippen LogP contribution in [0.25, 0.3) is 0 Å². The Labute approximate surface area is 103 Å². The molecule has 0 amide bonds. The highest BCUT2D eigenvalue weighted by Gasteiger charge is 2.36. The molecule has 0 aromatic heterocycles. The van der Waals surface area contributed by atoms with E-state index in [1.54, 1.807) is 0 Å². The predicted molar refractivity (Wildman–Crippen MR) is 64.8 cm³/mol. The molecule has 0 saturated carbocycles. The molecule has 1 atom stereocenters. The number of piperidine rings is 1. The van der Waals surface area contributed by atoms with Crippen LogP contribution in [0, 0.1) is 0 Å². The van der Waals surface area contributed by atoms with Crippen molar-refractivity contribution in [2.24, 2.45) is 0 Å². The zero-order valence-electron chi connectivity index (χ0n) is 10.0. The second-order valence-corrected chi connectivity index (χ2v) is 6.48. The van der Waals surface area contributed by atoms with Gasteiger partial charge in [0, 0.05) is 38.8 Å². The van der Waals surface area contributed by atoms with Gasteiger partial charge in [-0.05, 0) is 12.8 Å². The molecule has 2 N–H and O–H groups in total. The number of aliphatic hydroxyl groups excluding tert-OH is 1. The van der Waals surface area contributed by atoms with Crippen molar-refractivity contribution in [2.75, 3.05) is 39.3 Å². The lowest BCUT2D eigenvalue weighted by Gasteiger charge is -2.38. The summed E-state index contributed by atoms with van der Waals surface area (Å²) < 4.78 is 27.9. The van der Waals surface area contributed by atoms with E-state index in [1.165, 1.54) is 8.61 Å². The molecule has 2 fully saturated rings. The van der Waals surface area contributed by atoms with Crippen molar-refractivity contribution in [2.45, 2.75) is 25.3 Å². The minimum absolute atomic E-state index is 0.0781. The minimum atomic E-state index is -3.38. The molecular weight excluding hydrogens is 242 g/mol. The van der Waals surface area contributed by atoms with E-state index >= 15 is 0 Å². The Balaban J connectivity index is 2.11. The van der Waals surface area contributed by atoms with Gasteiger partial charge in [0.15, 0.2) is 0 Å². The summed E-state index contributed by atoms with van der Waals surface area (Å²) in [7, 11) is -3.38. The van der Waals surface area contributed by atoms with Crippen LogP contribution in [-0.4, -0.2) is 67.5 Å². The molecule has 0 aromatic carbocycles. The SMILES string of the molecule is O=S(=O)(N1CCNCC1)N1CCCCC1CO. The quantitative estimate of drug-likeness (QED) is 0.684. The number of piperazine rings is 1. The van der Waals surface area contributed by atoms with E-state index in [0.717, 1.165) is 19.3 Å². The van der Waals surface area contributed by atoms with Crippen LogP contribution >= 0.6 is 0 Å². The van der Waals surface area contributed by atoms with Gasteiger partial charge in [0.1, 0.15) is 0 Å². The van der Waals surface area contributed by atoms with Gasteiger partial charge in [0.05, 0.1) is 6.61 Å². The third-order valence-corrected chi connectivity index (χ3v) is 5.57. The second kappa shape index (κ2) is 5.62. The standard InChI is InChI=1S/C10H21N3O3S/c14-9-10-3-1-2-6-13(10)17(15,16)12-7-4-11-5-8-12/h10-11,14H,1-9H2. The molecule has 0 aliphatic carbocycles. The van der Waals surface area contributed by atoms with Crippen LogP contribution in [0.3, 0.4) is 0 Å². The fraction of sp³-hybridized carbons (Fsp3) is 1.00. The molecule has 6 nitrogen and oxygen atoms in total. The minimum Gasteiger partial charge on any atom is -0.395 e. The molecule has 1 unspecified atom stereocenters. The first-order chi connectivity index (χ1) is 8.16. The summed E-state index contributed by atoms with van der Waals surface area (Å²) in [6.45, 7) is 2.92. The Hall–Kier alpha value is -0.210. The Kier molecular flexibility index (Phi) is 4.37. The normalized spacial score (nSPS) is 29.4. The van der Waals surface area contributed by atoms with Crippen LogP contribution in [0.4, 0.5) is 0 Å². The Bertz CT molecular complexity index is 341. The Morgan fingerprint density at radius 1 is 1.18 bits per heavy atom. The average molecular weight is 263 g/mol. The number of rotatable bonds is 3. The predicted octanol–water partition coefficient (Wildman–Crippen LogP) is -1.02. The lowest BCUT2D eigenvalue weighted by atomic mass is 10.1. The number of nitrogens with one attached hydrogen (secondary N) is 1. The van der Waals surface area contributed by atoms with Crippen molar-refractivity contribution in [1.29, 1.82) is 0 Å². The topological polar surface area (TPSA) is 72.9 Å². The molecule has 0 spiro atoms. The van der Waals surface area contributed by atoms with Crippen molar-refractivity contribution in [1.82, 2.24) is 13.9 Å². The van der Waals surface area contributed by atoms with Gasteiger partial charge in [-0.1, -0.05) is 6.42 Å². The molecule has 2 aliphatic rings. The van der Waals surface area contributed by atoms with Crippen LogP contribution in [0.5, 0.6) is 0 Å². The maximum Gasteiger partial charge on any atom is 0.282 e. The highest BCUT2D eigenvalue weighted by atomic mass is 32.2. The van der Waals surface area contributed by atoms with Gasteiger partial charge in [-0.2, -0.15) is 17.0 Å². The van der Waals surface area contributed by atoms with Gasteiger partial charge in [-0.25, -0.2) is 0 Å². The van der Waals surface area contributed by atoms with Crippen LogP contribution in [0.2, 0.25) is 0 Å². The molecule has 2 rings (SSSR count). The monoisotopic (exact) mass is 263 g/mol. The zero-order chi connectivity index (χ0) is 12.3. The van der Waals surface area contributed by atoms with E-state index in [0.29, 0.717) is 32.7 Å². The molecular formula is C10H21N3O3S. The number of nitrogens with zero attached hydrogens (tertiary/aromatic N) is 2. The Morgan fingerprint density at radius 3 is 2.53 bits per heavy atom. The van der Waals surface area contributed by atoms with Crippen LogP contribution in [0.1, 0.15) is 19.3 Å². The summed E-state index contributed by atoms with van der Waals surface area (Å²) in [5.74, 6) is 0. The molecule has 2 saturated heterocycles. The average Bonchev–Trinajstić information content (AvgIpc) is 2.39. The third kappa shape index (κ3) is 2.79. The van der Waals surface area contributed by atoms with E-state index in [-0.39, 0.29) is 12.6 Å². The van der Waals surface area contributed by atoms with Gasteiger partial charge in [-0.15, -0.1) is 0 Å². The molecule has 2 heterocycles. The van der Waals surface area contributed by atoms with Crippen molar-refractivity contribution >= 4 is 10.2 Å². The Morgan fingerprint density at radius 2 is 1.88 bits per heavy atom. The summed E-state index contributed by atoms with van der Waals surface area (Å²) in [4.78, 5) is 0.